The Labute approximate surface area is 144 Å². The van der Waals surface area contributed by atoms with Gasteiger partial charge in [0.1, 0.15) is 0 Å². The van der Waals surface area contributed by atoms with Gasteiger partial charge in [-0.3, -0.25) is 15.0 Å². The van der Waals surface area contributed by atoms with Gasteiger partial charge in [0.15, 0.2) is 0 Å². The van der Waals surface area contributed by atoms with Crippen LogP contribution in [0.5, 0.6) is 0 Å². The summed E-state index contributed by atoms with van der Waals surface area (Å²) in [5, 5.41) is 0. The van der Waals surface area contributed by atoms with E-state index in [9.17, 15) is 0 Å². The maximum atomic E-state index is 4.67. The fourth-order valence-electron chi connectivity index (χ4n) is 1.77. The number of nitrogens with zero attached hydrogens (tertiary/aromatic N) is 3. The predicted octanol–water partition coefficient (Wildman–Crippen LogP) is 5.34. The monoisotopic (exact) mass is 321 g/mol. The quantitative estimate of drug-likeness (QED) is 0.592. The molecule has 0 heterocycles. The van der Waals surface area contributed by atoms with Gasteiger partial charge in [0.2, 0.25) is 0 Å². The Morgan fingerprint density at radius 1 is 0.478 bits per heavy atom. The fourth-order valence-corrected chi connectivity index (χ4v) is 1.77. The summed E-state index contributed by atoms with van der Waals surface area (Å²) in [5.41, 5.74) is 0.310. The van der Waals surface area contributed by atoms with Crippen LogP contribution in [0, 0.1) is 21.7 Å². The van der Waals surface area contributed by atoms with E-state index in [2.05, 4.69) is 84.2 Å². The second-order valence-corrected chi connectivity index (χ2v) is 10.3. The Hall–Kier alpha value is -0.990. The van der Waals surface area contributed by atoms with Crippen molar-refractivity contribution in [2.45, 2.75) is 69.2 Å². The van der Waals surface area contributed by atoms with Crippen molar-refractivity contribution >= 4 is 18.6 Å². The summed E-state index contributed by atoms with van der Waals surface area (Å²) >= 11 is 0. The Kier molecular flexibility index (Phi) is 7.86. The highest BCUT2D eigenvalue weighted by Gasteiger charge is 2.24. The number of hydrogen-bond acceptors (Lipinski definition) is 3. The highest BCUT2D eigenvalue weighted by atomic mass is 14.9. The third-order valence-electron chi connectivity index (χ3n) is 2.85. The van der Waals surface area contributed by atoms with Crippen LogP contribution < -0.4 is 0 Å². The van der Waals surface area contributed by atoms with Crippen molar-refractivity contribution in [3.05, 3.63) is 0 Å². The van der Waals surface area contributed by atoms with Crippen molar-refractivity contribution < 1.29 is 0 Å². The molecule has 0 aliphatic heterocycles. The summed E-state index contributed by atoms with van der Waals surface area (Å²) in [4.78, 5) is 14.0. The highest BCUT2D eigenvalue weighted by Crippen LogP contribution is 2.21. The van der Waals surface area contributed by atoms with Crippen LogP contribution >= 0.6 is 0 Å². The lowest BCUT2D eigenvalue weighted by Gasteiger charge is -2.25. The van der Waals surface area contributed by atoms with Gasteiger partial charge in [-0.2, -0.15) is 0 Å². The molecule has 23 heavy (non-hydrogen) atoms. The Morgan fingerprint density at radius 2 is 0.696 bits per heavy atom. The van der Waals surface area contributed by atoms with E-state index in [1.54, 1.807) is 0 Å². The van der Waals surface area contributed by atoms with Crippen molar-refractivity contribution in [1.82, 2.24) is 0 Å². The molecule has 0 radical (unpaired) electrons. The zero-order chi connectivity index (χ0) is 18.4. The van der Waals surface area contributed by atoms with Crippen LogP contribution in [0.4, 0.5) is 0 Å². The molecule has 0 aromatic heterocycles. The number of rotatable bonds is 6. The van der Waals surface area contributed by atoms with E-state index in [4.69, 9.17) is 0 Å². The lowest BCUT2D eigenvalue weighted by Crippen LogP contribution is -2.29. The average molecular weight is 322 g/mol. The van der Waals surface area contributed by atoms with E-state index in [0.29, 0.717) is 0 Å². The molecule has 0 aromatic carbocycles. The zero-order valence-corrected chi connectivity index (χ0v) is 17.2. The standard InChI is InChI=1S/C20H39N3/c1-17(2,3)11-21-14-20(10,15-22-12-18(4,5)6)16-23-13-19(7,8)9/h11-13H,14-16H2,1-10H3. The van der Waals surface area contributed by atoms with Gasteiger partial charge in [0.05, 0.1) is 0 Å². The van der Waals surface area contributed by atoms with Crippen LogP contribution in [0.2, 0.25) is 0 Å². The minimum atomic E-state index is -0.0365. The molecule has 0 fully saturated rings. The Bertz CT molecular complexity index is 359. The first-order valence-electron chi connectivity index (χ1n) is 8.65. The summed E-state index contributed by atoms with van der Waals surface area (Å²) in [6, 6.07) is 0. The zero-order valence-electron chi connectivity index (χ0n) is 17.2. The molecule has 0 amide bonds. The summed E-state index contributed by atoms with van der Waals surface area (Å²) < 4.78 is 0. The van der Waals surface area contributed by atoms with Crippen molar-refractivity contribution in [1.29, 1.82) is 0 Å². The minimum Gasteiger partial charge on any atom is -0.296 e. The van der Waals surface area contributed by atoms with Gasteiger partial charge in [-0.05, 0) is 16.2 Å². The summed E-state index contributed by atoms with van der Waals surface area (Å²) in [5.74, 6) is 0. The number of aliphatic imine (C=N–C) groups is 3. The Balaban J connectivity index is 5.00. The summed E-state index contributed by atoms with van der Waals surface area (Å²) in [7, 11) is 0. The molecule has 0 aromatic rings. The normalized spacial score (nSPS) is 17.5. The molecule has 3 nitrogen and oxygen atoms in total. The lowest BCUT2D eigenvalue weighted by atomic mass is 9.90. The van der Waals surface area contributed by atoms with Gasteiger partial charge < -0.3 is 0 Å². The predicted molar refractivity (Wildman–Crippen MR) is 107 cm³/mol. The lowest BCUT2D eigenvalue weighted by molar-refractivity contribution is 0.362. The second-order valence-electron chi connectivity index (χ2n) is 10.3. The van der Waals surface area contributed by atoms with E-state index in [0.717, 1.165) is 19.6 Å². The molecule has 0 spiro atoms. The van der Waals surface area contributed by atoms with Crippen LogP contribution in [0.25, 0.3) is 0 Å². The van der Waals surface area contributed by atoms with Gasteiger partial charge in [0, 0.05) is 43.7 Å². The molecule has 0 rings (SSSR count). The first-order chi connectivity index (χ1) is 10.1. The molecule has 0 saturated carbocycles. The molecule has 0 bridgehead atoms. The van der Waals surface area contributed by atoms with Gasteiger partial charge in [-0.1, -0.05) is 69.2 Å². The van der Waals surface area contributed by atoms with Crippen LogP contribution in [-0.2, 0) is 0 Å². The summed E-state index contributed by atoms with van der Waals surface area (Å²) in [6.07, 6.45) is 6.14. The minimum absolute atomic E-state index is 0.0365. The topological polar surface area (TPSA) is 37.1 Å². The third-order valence-corrected chi connectivity index (χ3v) is 2.85. The van der Waals surface area contributed by atoms with Crippen molar-refractivity contribution in [2.75, 3.05) is 19.6 Å². The molecule has 0 N–H and O–H groups in total. The highest BCUT2D eigenvalue weighted by molar-refractivity contribution is 5.65. The third kappa shape index (κ3) is 14.3. The van der Waals surface area contributed by atoms with Crippen LogP contribution in [0.15, 0.2) is 15.0 Å². The molecule has 0 atom stereocenters. The fraction of sp³-hybridized carbons (Fsp3) is 0.850. The largest absolute Gasteiger partial charge is 0.296 e. The van der Waals surface area contributed by atoms with Gasteiger partial charge in [0.25, 0.3) is 0 Å². The molecule has 0 aliphatic carbocycles. The average Bonchev–Trinajstić information content (AvgIpc) is 2.22. The molecular formula is C20H39N3. The van der Waals surface area contributed by atoms with E-state index < -0.39 is 0 Å². The maximum absolute atomic E-state index is 4.67. The van der Waals surface area contributed by atoms with Crippen LogP contribution in [0.3, 0.4) is 0 Å². The van der Waals surface area contributed by atoms with E-state index in [1.165, 1.54) is 0 Å². The van der Waals surface area contributed by atoms with Crippen molar-refractivity contribution in [3.63, 3.8) is 0 Å². The van der Waals surface area contributed by atoms with E-state index in [1.807, 2.05) is 18.6 Å². The first-order valence-corrected chi connectivity index (χ1v) is 8.65. The SMILES string of the molecule is CC(C)(C)C=NCC(C)(CN=CC(C)(C)C)CN=CC(C)(C)C. The smallest absolute Gasteiger partial charge is 0.0474 e. The van der Waals surface area contributed by atoms with Crippen molar-refractivity contribution in [2.24, 2.45) is 36.6 Å². The molecule has 0 unspecified atom stereocenters. The molecule has 0 saturated heterocycles. The van der Waals surface area contributed by atoms with E-state index in [-0.39, 0.29) is 21.7 Å². The van der Waals surface area contributed by atoms with Crippen LogP contribution in [-0.4, -0.2) is 38.3 Å². The number of hydrogen-bond donors (Lipinski definition) is 0. The van der Waals surface area contributed by atoms with Gasteiger partial charge in [-0.15, -0.1) is 0 Å². The first kappa shape index (κ1) is 22.0. The van der Waals surface area contributed by atoms with Gasteiger partial charge in [-0.25, -0.2) is 0 Å². The van der Waals surface area contributed by atoms with Crippen molar-refractivity contribution in [3.8, 4) is 0 Å². The Morgan fingerprint density at radius 3 is 0.870 bits per heavy atom. The molecule has 134 valence electrons. The molecule has 0 aliphatic rings. The maximum Gasteiger partial charge on any atom is 0.0474 e. The second kappa shape index (κ2) is 8.21. The molecular weight excluding hydrogens is 282 g/mol. The van der Waals surface area contributed by atoms with E-state index >= 15 is 0 Å². The van der Waals surface area contributed by atoms with Gasteiger partial charge >= 0.3 is 0 Å². The molecule has 3 heteroatoms. The van der Waals surface area contributed by atoms with Crippen LogP contribution in [0.1, 0.15) is 69.2 Å². The summed E-state index contributed by atoms with van der Waals surface area (Å²) in [6.45, 7) is 24.0.